The molecule has 8 nitrogen and oxygen atoms in total. The zero-order chi connectivity index (χ0) is 21.8. The lowest BCUT2D eigenvalue weighted by Gasteiger charge is -2.23. The van der Waals surface area contributed by atoms with Gasteiger partial charge in [-0.1, -0.05) is 12.1 Å². The predicted molar refractivity (Wildman–Crippen MR) is 107 cm³/mol. The van der Waals surface area contributed by atoms with Crippen LogP contribution in [0.25, 0.3) is 0 Å². The van der Waals surface area contributed by atoms with Gasteiger partial charge in [0.15, 0.2) is 5.78 Å². The van der Waals surface area contributed by atoms with Crippen LogP contribution in [0.3, 0.4) is 0 Å². The summed E-state index contributed by atoms with van der Waals surface area (Å²) < 4.78 is 5.23. The van der Waals surface area contributed by atoms with Gasteiger partial charge in [-0.15, -0.1) is 0 Å². The average molecular weight is 400 g/mol. The second kappa shape index (κ2) is 8.64. The van der Waals surface area contributed by atoms with Gasteiger partial charge < -0.3 is 26.0 Å². The topological polar surface area (TPSA) is 139 Å². The van der Waals surface area contributed by atoms with Gasteiger partial charge in [-0.25, -0.2) is 9.59 Å². The summed E-state index contributed by atoms with van der Waals surface area (Å²) in [6.07, 6.45) is -0.748. The van der Waals surface area contributed by atoms with Crippen molar-refractivity contribution in [3.8, 4) is 5.75 Å². The van der Waals surface area contributed by atoms with E-state index in [1.54, 1.807) is 32.9 Å². The lowest BCUT2D eigenvalue weighted by Crippen LogP contribution is -2.45. The molecule has 2 aromatic carbocycles. The van der Waals surface area contributed by atoms with E-state index in [0.717, 1.165) is 0 Å². The molecule has 2 aromatic rings. The Hall–Kier alpha value is -3.55. The summed E-state index contributed by atoms with van der Waals surface area (Å²) in [4.78, 5) is 37.0. The maximum atomic E-state index is 13.2. The minimum absolute atomic E-state index is 0.0562. The molecule has 0 aliphatic carbocycles. The first-order valence-electron chi connectivity index (χ1n) is 8.91. The van der Waals surface area contributed by atoms with E-state index in [1.165, 1.54) is 30.3 Å². The van der Waals surface area contributed by atoms with Crippen LogP contribution >= 0.6 is 0 Å². The summed E-state index contributed by atoms with van der Waals surface area (Å²) in [5, 5.41) is 21.4. The van der Waals surface area contributed by atoms with Gasteiger partial charge in [0.05, 0.1) is 11.6 Å². The third kappa shape index (κ3) is 6.24. The van der Waals surface area contributed by atoms with Crippen molar-refractivity contribution in [3.63, 3.8) is 0 Å². The maximum Gasteiger partial charge on any atom is 0.408 e. The third-order valence-electron chi connectivity index (χ3n) is 3.92. The Morgan fingerprint density at radius 2 is 1.69 bits per heavy atom. The number of phenolic OH excluding ortho intramolecular Hbond substituents is 1. The number of carbonyl (C=O) groups is 3. The molecule has 0 aliphatic heterocycles. The maximum absolute atomic E-state index is 13.2. The molecule has 29 heavy (non-hydrogen) atoms. The van der Waals surface area contributed by atoms with Crippen molar-refractivity contribution in [2.24, 2.45) is 0 Å². The summed E-state index contributed by atoms with van der Waals surface area (Å²) in [6, 6.07) is 8.91. The van der Waals surface area contributed by atoms with E-state index in [9.17, 15) is 24.6 Å². The Morgan fingerprint density at radius 3 is 2.24 bits per heavy atom. The molecular formula is C21H24N2O6. The summed E-state index contributed by atoms with van der Waals surface area (Å²) in [5.74, 6) is -1.84. The molecule has 0 saturated carbocycles. The molecule has 0 aromatic heterocycles. The van der Waals surface area contributed by atoms with E-state index in [1.807, 2.05) is 0 Å². The molecule has 0 bridgehead atoms. The zero-order valence-corrected chi connectivity index (χ0v) is 16.4. The van der Waals surface area contributed by atoms with Gasteiger partial charge >= 0.3 is 12.1 Å². The van der Waals surface area contributed by atoms with Crippen molar-refractivity contribution in [2.45, 2.75) is 38.8 Å². The monoisotopic (exact) mass is 400 g/mol. The third-order valence-corrected chi connectivity index (χ3v) is 3.92. The lowest BCUT2D eigenvalue weighted by atomic mass is 9.94. The summed E-state index contributed by atoms with van der Waals surface area (Å²) in [5.41, 5.74) is 5.50. The number of nitrogen functional groups attached to an aromatic ring is 1. The highest BCUT2D eigenvalue weighted by molar-refractivity contribution is 6.09. The number of benzene rings is 2. The molecule has 0 saturated heterocycles. The van der Waals surface area contributed by atoms with Crippen LogP contribution in [0.1, 0.15) is 47.1 Å². The minimum atomic E-state index is -1.28. The van der Waals surface area contributed by atoms with Gasteiger partial charge in [-0.05, 0) is 56.7 Å². The Kier molecular flexibility index (Phi) is 6.48. The van der Waals surface area contributed by atoms with Crippen molar-refractivity contribution >= 4 is 23.5 Å². The number of ether oxygens (including phenoxy) is 1. The Morgan fingerprint density at radius 1 is 1.07 bits per heavy atom. The number of Topliss-reactive ketones (excluding diaryl/α,β-unsaturated/α-hetero) is 1. The van der Waals surface area contributed by atoms with E-state index in [0.29, 0.717) is 5.56 Å². The molecule has 1 atom stereocenters. The number of carboxylic acid groups (broad SMARTS) is 1. The number of carboxylic acids is 1. The van der Waals surface area contributed by atoms with Gasteiger partial charge in [-0.3, -0.25) is 4.79 Å². The van der Waals surface area contributed by atoms with Gasteiger partial charge in [0.2, 0.25) is 0 Å². The van der Waals surface area contributed by atoms with E-state index < -0.39 is 29.5 Å². The average Bonchev–Trinajstić information content (AvgIpc) is 2.60. The minimum Gasteiger partial charge on any atom is -0.508 e. The summed E-state index contributed by atoms with van der Waals surface area (Å²) >= 11 is 0. The SMILES string of the molecule is CC(C)(C)OC(=O)N[C@@H](Cc1ccc(O)cc1)C(=O)c1cc(N)ccc1C(=O)O. The second-order valence-electron chi connectivity index (χ2n) is 7.54. The normalized spacial score (nSPS) is 12.1. The number of phenols is 1. The lowest BCUT2D eigenvalue weighted by molar-refractivity contribution is 0.0491. The molecular weight excluding hydrogens is 376 g/mol. The van der Waals surface area contributed by atoms with Crippen LogP contribution in [0.4, 0.5) is 10.5 Å². The second-order valence-corrected chi connectivity index (χ2v) is 7.54. The molecule has 0 unspecified atom stereocenters. The van der Waals surface area contributed by atoms with Gasteiger partial charge in [-0.2, -0.15) is 0 Å². The summed E-state index contributed by atoms with van der Waals surface area (Å²) in [7, 11) is 0. The van der Waals surface area contributed by atoms with Crippen molar-refractivity contribution in [3.05, 3.63) is 59.2 Å². The van der Waals surface area contributed by atoms with Crippen LogP contribution in [0.5, 0.6) is 5.75 Å². The molecule has 1 amide bonds. The number of carbonyl (C=O) groups excluding carboxylic acids is 2. The van der Waals surface area contributed by atoms with Gasteiger partial charge in [0.25, 0.3) is 0 Å². The van der Waals surface area contributed by atoms with Crippen molar-refractivity contribution in [2.75, 3.05) is 5.73 Å². The largest absolute Gasteiger partial charge is 0.508 e. The first kappa shape index (κ1) is 21.7. The van der Waals surface area contributed by atoms with Crippen molar-refractivity contribution in [1.82, 2.24) is 5.32 Å². The standard InChI is InChI=1S/C21H24N2O6/c1-21(2,3)29-20(28)23-17(10-12-4-7-14(24)8-5-12)18(25)16-11-13(22)6-9-15(16)19(26)27/h4-9,11,17,24H,10,22H2,1-3H3,(H,23,28)(H,26,27)/t17-/m0/s1. The van der Waals surface area contributed by atoms with Crippen LogP contribution in [0, 0.1) is 0 Å². The number of alkyl carbamates (subject to hydrolysis) is 1. The molecule has 2 rings (SSSR count). The number of hydrogen-bond acceptors (Lipinski definition) is 6. The van der Waals surface area contributed by atoms with E-state index >= 15 is 0 Å². The van der Waals surface area contributed by atoms with Gasteiger partial charge in [0.1, 0.15) is 11.4 Å². The number of nitrogens with two attached hydrogens (primary N) is 1. The molecule has 0 fully saturated rings. The first-order valence-corrected chi connectivity index (χ1v) is 8.91. The number of anilines is 1. The molecule has 0 aliphatic rings. The fourth-order valence-corrected chi connectivity index (χ4v) is 2.67. The molecule has 5 N–H and O–H groups in total. The quantitative estimate of drug-likeness (QED) is 0.432. The van der Waals surface area contributed by atoms with Gasteiger partial charge in [0, 0.05) is 17.7 Å². The number of ketones is 1. The highest BCUT2D eigenvalue weighted by Crippen LogP contribution is 2.19. The van der Waals surface area contributed by atoms with Crippen LogP contribution < -0.4 is 11.1 Å². The molecule has 0 radical (unpaired) electrons. The highest BCUT2D eigenvalue weighted by Gasteiger charge is 2.28. The smallest absolute Gasteiger partial charge is 0.408 e. The highest BCUT2D eigenvalue weighted by atomic mass is 16.6. The van der Waals surface area contributed by atoms with Crippen LogP contribution in [-0.4, -0.2) is 39.7 Å². The molecule has 8 heteroatoms. The number of aromatic hydroxyl groups is 1. The van der Waals surface area contributed by atoms with E-state index in [-0.39, 0.29) is 29.0 Å². The fourth-order valence-electron chi connectivity index (χ4n) is 2.67. The summed E-state index contributed by atoms with van der Waals surface area (Å²) in [6.45, 7) is 5.05. The zero-order valence-electron chi connectivity index (χ0n) is 16.4. The Labute approximate surface area is 168 Å². The fraction of sp³-hybridized carbons (Fsp3) is 0.286. The van der Waals surface area contributed by atoms with Crippen LogP contribution in [-0.2, 0) is 11.2 Å². The van der Waals surface area contributed by atoms with Crippen molar-refractivity contribution < 1.29 is 29.3 Å². The number of hydrogen-bond donors (Lipinski definition) is 4. The number of nitrogens with one attached hydrogen (secondary N) is 1. The van der Waals surface area contributed by atoms with E-state index in [4.69, 9.17) is 10.5 Å². The number of aromatic carboxylic acids is 1. The molecule has 0 heterocycles. The van der Waals surface area contributed by atoms with Crippen LogP contribution in [0.2, 0.25) is 0 Å². The molecule has 154 valence electrons. The van der Waals surface area contributed by atoms with Crippen molar-refractivity contribution in [1.29, 1.82) is 0 Å². The first-order chi connectivity index (χ1) is 13.5. The number of rotatable bonds is 6. The Balaban J connectivity index is 2.39. The predicted octanol–water partition coefficient (Wildman–Crippen LogP) is 2.99. The van der Waals surface area contributed by atoms with Crippen LogP contribution in [0.15, 0.2) is 42.5 Å². The Bertz CT molecular complexity index is 916. The van der Waals surface area contributed by atoms with E-state index in [2.05, 4.69) is 5.32 Å². The molecule has 0 spiro atoms. The number of amides is 1.